The summed E-state index contributed by atoms with van der Waals surface area (Å²) in [6.07, 6.45) is 8.19. The van der Waals surface area contributed by atoms with Crippen LogP contribution in [-0.4, -0.2) is 54.5 Å². The molecule has 0 radical (unpaired) electrons. The molecule has 2 N–H and O–H groups in total. The molecule has 1 aromatic rings. The third-order valence-corrected chi connectivity index (χ3v) is 5.78. The standard InChI is InChI=1S/C20H30ClN3O2/c21-18-13-16(7-8-19(18)26-15-20(22)25)14-23-9-4-10-24(12-11-23)17-5-2-1-3-6-17/h7-8,13,17H,1-6,9-12,14-15H2,(H2,22,25). The predicted octanol–water partition coefficient (Wildman–Crippen LogP) is 3.04. The van der Waals surface area contributed by atoms with E-state index >= 15 is 0 Å². The summed E-state index contributed by atoms with van der Waals surface area (Å²) in [7, 11) is 0. The molecule has 1 saturated heterocycles. The molecule has 1 amide bonds. The second kappa shape index (κ2) is 9.58. The highest BCUT2D eigenvalue weighted by molar-refractivity contribution is 6.32. The van der Waals surface area contributed by atoms with Gasteiger partial charge in [-0.15, -0.1) is 0 Å². The van der Waals surface area contributed by atoms with Crippen molar-refractivity contribution in [2.45, 2.75) is 51.1 Å². The summed E-state index contributed by atoms with van der Waals surface area (Å²) >= 11 is 6.28. The molecular formula is C20H30ClN3O2. The maximum absolute atomic E-state index is 10.8. The zero-order valence-electron chi connectivity index (χ0n) is 15.5. The zero-order valence-corrected chi connectivity index (χ0v) is 16.2. The zero-order chi connectivity index (χ0) is 18.4. The van der Waals surface area contributed by atoms with Gasteiger partial charge in [0.15, 0.2) is 6.61 Å². The SMILES string of the molecule is NC(=O)COc1ccc(CN2CCCN(C3CCCCC3)CC2)cc1Cl. The molecule has 0 unspecified atom stereocenters. The van der Waals surface area contributed by atoms with E-state index in [1.54, 1.807) is 0 Å². The van der Waals surface area contributed by atoms with Crippen LogP contribution in [0.5, 0.6) is 5.75 Å². The van der Waals surface area contributed by atoms with Crippen LogP contribution in [0.2, 0.25) is 5.02 Å². The Hall–Kier alpha value is -1.30. The fraction of sp³-hybridized carbons (Fsp3) is 0.650. The lowest BCUT2D eigenvalue weighted by Gasteiger charge is -2.33. The number of rotatable bonds is 6. The van der Waals surface area contributed by atoms with Crippen LogP contribution in [0.25, 0.3) is 0 Å². The van der Waals surface area contributed by atoms with E-state index in [-0.39, 0.29) is 6.61 Å². The minimum Gasteiger partial charge on any atom is -0.482 e. The Morgan fingerprint density at radius 3 is 2.65 bits per heavy atom. The second-order valence-corrected chi connectivity index (χ2v) is 7.88. The summed E-state index contributed by atoms with van der Waals surface area (Å²) in [5, 5.41) is 0.530. The molecule has 0 bridgehead atoms. The molecule has 6 heteroatoms. The molecule has 144 valence electrons. The van der Waals surface area contributed by atoms with Gasteiger partial charge in [0.25, 0.3) is 5.91 Å². The first-order valence-electron chi connectivity index (χ1n) is 9.78. The number of carbonyl (C=O) groups is 1. The van der Waals surface area contributed by atoms with Crippen LogP contribution in [0, 0.1) is 0 Å². The lowest BCUT2D eigenvalue weighted by atomic mass is 9.94. The maximum atomic E-state index is 10.8. The first-order valence-corrected chi connectivity index (χ1v) is 10.2. The van der Waals surface area contributed by atoms with E-state index in [0.717, 1.165) is 32.2 Å². The lowest BCUT2D eigenvalue weighted by Crippen LogP contribution is -2.39. The summed E-state index contributed by atoms with van der Waals surface area (Å²) in [4.78, 5) is 16.1. The predicted molar refractivity (Wildman–Crippen MR) is 104 cm³/mol. The molecule has 2 fully saturated rings. The van der Waals surface area contributed by atoms with E-state index in [1.807, 2.05) is 18.2 Å². The molecule has 1 aliphatic heterocycles. The molecule has 0 spiro atoms. The van der Waals surface area contributed by atoms with Crippen molar-refractivity contribution in [3.8, 4) is 5.75 Å². The number of hydrogen-bond donors (Lipinski definition) is 1. The molecule has 0 aromatic heterocycles. The van der Waals surface area contributed by atoms with Gasteiger partial charge in [0.1, 0.15) is 5.75 Å². The molecular weight excluding hydrogens is 350 g/mol. The Balaban J connectivity index is 1.52. The van der Waals surface area contributed by atoms with E-state index in [1.165, 1.54) is 50.6 Å². The average Bonchev–Trinajstić information content (AvgIpc) is 2.87. The first kappa shape index (κ1) is 19.5. The molecule has 1 heterocycles. The van der Waals surface area contributed by atoms with Gasteiger partial charge in [-0.2, -0.15) is 0 Å². The van der Waals surface area contributed by atoms with Crippen molar-refractivity contribution in [3.63, 3.8) is 0 Å². The molecule has 1 aromatic carbocycles. The van der Waals surface area contributed by atoms with Gasteiger partial charge in [-0.1, -0.05) is 36.9 Å². The van der Waals surface area contributed by atoms with Crippen molar-refractivity contribution in [3.05, 3.63) is 28.8 Å². The van der Waals surface area contributed by atoms with E-state index in [0.29, 0.717) is 10.8 Å². The number of nitrogens with two attached hydrogens (primary N) is 1. The van der Waals surface area contributed by atoms with Crippen LogP contribution >= 0.6 is 11.6 Å². The highest BCUT2D eigenvalue weighted by Gasteiger charge is 2.23. The fourth-order valence-electron chi connectivity index (χ4n) is 4.13. The van der Waals surface area contributed by atoms with Gasteiger partial charge < -0.3 is 10.5 Å². The van der Waals surface area contributed by atoms with Gasteiger partial charge in [-0.3, -0.25) is 14.6 Å². The van der Waals surface area contributed by atoms with Gasteiger partial charge >= 0.3 is 0 Å². The Bertz CT molecular complexity index is 605. The summed E-state index contributed by atoms with van der Waals surface area (Å²) < 4.78 is 5.32. The van der Waals surface area contributed by atoms with Crippen LogP contribution in [-0.2, 0) is 11.3 Å². The number of nitrogens with zero attached hydrogens (tertiary/aromatic N) is 2. The largest absolute Gasteiger partial charge is 0.482 e. The number of carbonyl (C=O) groups excluding carboxylic acids is 1. The van der Waals surface area contributed by atoms with E-state index in [9.17, 15) is 4.79 Å². The molecule has 2 aliphatic rings. The number of primary amides is 1. The quantitative estimate of drug-likeness (QED) is 0.825. The van der Waals surface area contributed by atoms with E-state index < -0.39 is 5.91 Å². The molecule has 1 aliphatic carbocycles. The van der Waals surface area contributed by atoms with E-state index in [2.05, 4.69) is 9.80 Å². The second-order valence-electron chi connectivity index (χ2n) is 7.48. The highest BCUT2D eigenvalue weighted by Crippen LogP contribution is 2.27. The lowest BCUT2D eigenvalue weighted by molar-refractivity contribution is -0.119. The van der Waals surface area contributed by atoms with Gasteiger partial charge in [-0.25, -0.2) is 0 Å². The number of benzene rings is 1. The minimum absolute atomic E-state index is 0.151. The Kier molecular flexibility index (Phi) is 7.17. The normalized spacial score (nSPS) is 20.7. The topological polar surface area (TPSA) is 58.8 Å². The highest BCUT2D eigenvalue weighted by atomic mass is 35.5. The number of hydrogen-bond acceptors (Lipinski definition) is 4. The van der Waals surface area contributed by atoms with Crippen LogP contribution in [0.15, 0.2) is 18.2 Å². The minimum atomic E-state index is -0.503. The molecule has 26 heavy (non-hydrogen) atoms. The summed E-state index contributed by atoms with van der Waals surface area (Å²) in [6.45, 7) is 5.37. The summed E-state index contributed by atoms with van der Waals surface area (Å²) in [5.74, 6) is 0.00536. The van der Waals surface area contributed by atoms with Gasteiger partial charge in [0.05, 0.1) is 5.02 Å². The van der Waals surface area contributed by atoms with Crippen LogP contribution in [0.1, 0.15) is 44.1 Å². The molecule has 3 rings (SSSR count). The first-order chi connectivity index (χ1) is 12.6. The smallest absolute Gasteiger partial charge is 0.255 e. The molecule has 5 nitrogen and oxygen atoms in total. The van der Waals surface area contributed by atoms with Crippen molar-refractivity contribution in [1.29, 1.82) is 0 Å². The molecule has 0 atom stereocenters. The third-order valence-electron chi connectivity index (χ3n) is 5.49. The van der Waals surface area contributed by atoms with Crippen molar-refractivity contribution in [2.75, 3.05) is 32.8 Å². The van der Waals surface area contributed by atoms with Crippen LogP contribution in [0.3, 0.4) is 0 Å². The number of ether oxygens (including phenoxy) is 1. The van der Waals surface area contributed by atoms with Gasteiger partial charge in [0, 0.05) is 25.7 Å². The third kappa shape index (κ3) is 5.60. The van der Waals surface area contributed by atoms with Crippen LogP contribution < -0.4 is 10.5 Å². The number of amides is 1. The van der Waals surface area contributed by atoms with Crippen molar-refractivity contribution < 1.29 is 9.53 Å². The maximum Gasteiger partial charge on any atom is 0.255 e. The van der Waals surface area contributed by atoms with Gasteiger partial charge in [-0.05, 0) is 50.0 Å². The summed E-state index contributed by atoms with van der Waals surface area (Å²) in [5.41, 5.74) is 6.28. The van der Waals surface area contributed by atoms with Crippen LogP contribution in [0.4, 0.5) is 0 Å². The average molecular weight is 380 g/mol. The Morgan fingerprint density at radius 2 is 1.92 bits per heavy atom. The van der Waals surface area contributed by atoms with Crippen molar-refractivity contribution in [1.82, 2.24) is 9.80 Å². The monoisotopic (exact) mass is 379 g/mol. The van der Waals surface area contributed by atoms with E-state index in [4.69, 9.17) is 22.1 Å². The van der Waals surface area contributed by atoms with Crippen molar-refractivity contribution in [2.24, 2.45) is 5.73 Å². The van der Waals surface area contributed by atoms with Crippen molar-refractivity contribution >= 4 is 17.5 Å². The fourth-order valence-corrected chi connectivity index (χ4v) is 4.38. The van der Waals surface area contributed by atoms with Gasteiger partial charge in [0.2, 0.25) is 0 Å². The molecule has 1 saturated carbocycles. The number of halogens is 1. The Labute approximate surface area is 161 Å². The summed E-state index contributed by atoms with van der Waals surface area (Å²) in [6, 6.07) is 6.58. The Morgan fingerprint density at radius 1 is 1.12 bits per heavy atom.